The van der Waals surface area contributed by atoms with Gasteiger partial charge in [0.05, 0.1) is 0 Å². The number of hydrogen-bond donors (Lipinski definition) is 0. The van der Waals surface area contributed by atoms with Crippen molar-refractivity contribution in [2.24, 2.45) is 0 Å². The molecule has 1 unspecified atom stereocenters. The average molecular weight is 311 g/mol. The van der Waals surface area contributed by atoms with Crippen LogP contribution in [-0.4, -0.2) is 77.6 Å². The molecule has 6 nitrogen and oxygen atoms in total. The topological polar surface area (TPSA) is 53.1 Å². The van der Waals surface area contributed by atoms with Crippen molar-refractivity contribution in [3.8, 4) is 0 Å². The summed E-state index contributed by atoms with van der Waals surface area (Å²) < 4.78 is 5.43. The van der Waals surface area contributed by atoms with Gasteiger partial charge >= 0.3 is 6.09 Å². The molecule has 22 heavy (non-hydrogen) atoms. The Kier molecular flexibility index (Phi) is 5.32. The summed E-state index contributed by atoms with van der Waals surface area (Å²) in [4.78, 5) is 30.9. The zero-order valence-electron chi connectivity index (χ0n) is 14.3. The number of rotatable bonds is 2. The second-order valence-electron chi connectivity index (χ2n) is 7.09. The molecule has 0 bridgehead atoms. The summed E-state index contributed by atoms with van der Waals surface area (Å²) in [6.07, 6.45) is 1.24. The molecule has 0 spiro atoms. The van der Waals surface area contributed by atoms with Crippen molar-refractivity contribution in [3.05, 3.63) is 0 Å². The van der Waals surface area contributed by atoms with Crippen molar-refractivity contribution < 1.29 is 14.3 Å². The van der Waals surface area contributed by atoms with Crippen LogP contribution in [0.3, 0.4) is 0 Å². The predicted molar refractivity (Wildman–Crippen MR) is 84.7 cm³/mol. The van der Waals surface area contributed by atoms with Crippen LogP contribution in [0.25, 0.3) is 0 Å². The fourth-order valence-corrected chi connectivity index (χ4v) is 3.06. The van der Waals surface area contributed by atoms with Crippen LogP contribution in [0.1, 0.15) is 40.5 Å². The molecule has 1 atom stereocenters. The summed E-state index contributed by atoms with van der Waals surface area (Å²) in [5, 5.41) is 0. The van der Waals surface area contributed by atoms with Gasteiger partial charge in [0.2, 0.25) is 5.91 Å². The van der Waals surface area contributed by atoms with Crippen LogP contribution < -0.4 is 0 Å². The third-order valence-corrected chi connectivity index (χ3v) is 4.30. The Morgan fingerprint density at radius 1 is 1.09 bits per heavy atom. The number of carbonyl (C=O) groups excluding carboxylic acids is 2. The van der Waals surface area contributed by atoms with Gasteiger partial charge in [-0.3, -0.25) is 9.69 Å². The first-order valence-electron chi connectivity index (χ1n) is 8.32. The summed E-state index contributed by atoms with van der Waals surface area (Å²) in [5.74, 6) is 0.0825. The summed E-state index contributed by atoms with van der Waals surface area (Å²) in [5.41, 5.74) is -0.528. The normalized spacial score (nSPS) is 23.7. The molecular weight excluding hydrogens is 282 g/mol. The number of likely N-dealkylation sites (N-methyl/N-ethyl adjacent to an activating group) is 1. The second kappa shape index (κ2) is 6.86. The summed E-state index contributed by atoms with van der Waals surface area (Å²) >= 11 is 0. The van der Waals surface area contributed by atoms with Crippen LogP contribution in [0.4, 0.5) is 4.79 Å². The number of amides is 2. The number of carbonyl (C=O) groups is 2. The van der Waals surface area contributed by atoms with Crippen molar-refractivity contribution >= 4 is 12.0 Å². The third-order valence-electron chi connectivity index (χ3n) is 4.30. The van der Waals surface area contributed by atoms with Gasteiger partial charge in [0, 0.05) is 32.7 Å². The summed E-state index contributed by atoms with van der Waals surface area (Å²) in [6, 6.07) is -0.344. The van der Waals surface area contributed by atoms with Gasteiger partial charge in [-0.15, -0.1) is 0 Å². The highest BCUT2D eigenvalue weighted by atomic mass is 16.6. The molecule has 0 aromatic carbocycles. The molecule has 6 heteroatoms. The Balaban J connectivity index is 1.95. The molecule has 2 saturated heterocycles. The van der Waals surface area contributed by atoms with Gasteiger partial charge in [0.15, 0.2) is 0 Å². The minimum Gasteiger partial charge on any atom is -0.444 e. The Hall–Kier alpha value is -1.30. The summed E-state index contributed by atoms with van der Waals surface area (Å²) in [7, 11) is 0. The van der Waals surface area contributed by atoms with E-state index in [9.17, 15) is 9.59 Å². The average Bonchev–Trinajstić information content (AvgIpc) is 2.94. The van der Waals surface area contributed by atoms with Gasteiger partial charge < -0.3 is 14.5 Å². The fraction of sp³-hybridized carbons (Fsp3) is 0.875. The first kappa shape index (κ1) is 17.1. The molecule has 0 N–H and O–H groups in total. The minimum absolute atomic E-state index is 0.0825. The van der Waals surface area contributed by atoms with Gasteiger partial charge in [-0.05, 0) is 40.2 Å². The van der Waals surface area contributed by atoms with Crippen molar-refractivity contribution in [1.82, 2.24) is 14.7 Å². The Labute approximate surface area is 133 Å². The largest absolute Gasteiger partial charge is 0.444 e. The molecular formula is C16H29N3O3. The van der Waals surface area contributed by atoms with Crippen LogP contribution in [0, 0.1) is 0 Å². The quantitative estimate of drug-likeness (QED) is 0.776. The Bertz CT molecular complexity index is 411. The van der Waals surface area contributed by atoms with E-state index in [0.717, 1.165) is 45.6 Å². The van der Waals surface area contributed by atoms with Gasteiger partial charge in [0.25, 0.3) is 0 Å². The zero-order valence-corrected chi connectivity index (χ0v) is 14.3. The first-order chi connectivity index (χ1) is 10.3. The lowest BCUT2D eigenvalue weighted by atomic mass is 10.1. The molecule has 2 rings (SSSR count). The van der Waals surface area contributed by atoms with E-state index >= 15 is 0 Å². The maximum Gasteiger partial charge on any atom is 0.410 e. The molecule has 2 aliphatic rings. The predicted octanol–water partition coefficient (Wildman–Crippen LogP) is 1.55. The minimum atomic E-state index is -0.528. The van der Waals surface area contributed by atoms with Gasteiger partial charge in [-0.2, -0.15) is 0 Å². The van der Waals surface area contributed by atoms with E-state index in [0.29, 0.717) is 6.54 Å². The zero-order chi connectivity index (χ0) is 16.3. The Morgan fingerprint density at radius 2 is 1.73 bits per heavy atom. The summed E-state index contributed by atoms with van der Waals surface area (Å²) in [6.45, 7) is 12.7. The molecule has 2 heterocycles. The van der Waals surface area contributed by atoms with Crippen molar-refractivity contribution in [3.63, 3.8) is 0 Å². The van der Waals surface area contributed by atoms with Crippen LogP contribution in [0.15, 0.2) is 0 Å². The van der Waals surface area contributed by atoms with Gasteiger partial charge in [0.1, 0.15) is 11.6 Å². The lowest BCUT2D eigenvalue weighted by molar-refractivity contribution is -0.137. The molecule has 0 radical (unpaired) electrons. The third kappa shape index (κ3) is 4.12. The van der Waals surface area contributed by atoms with Crippen LogP contribution in [-0.2, 0) is 9.53 Å². The van der Waals surface area contributed by atoms with E-state index in [1.54, 1.807) is 4.90 Å². The van der Waals surface area contributed by atoms with Crippen LogP contribution in [0.5, 0.6) is 0 Å². The second-order valence-corrected chi connectivity index (χ2v) is 7.09. The number of likely N-dealkylation sites (tertiary alicyclic amines) is 1. The SMILES string of the molecule is CCN1CCN(C(=O)C2CCCN2C(=O)OC(C)(C)C)CC1. The highest BCUT2D eigenvalue weighted by Crippen LogP contribution is 2.23. The number of ether oxygens (including phenoxy) is 1. The van der Waals surface area contributed by atoms with Crippen LogP contribution >= 0.6 is 0 Å². The molecule has 2 amide bonds. The molecule has 0 aliphatic carbocycles. The molecule has 0 aromatic heterocycles. The van der Waals surface area contributed by atoms with E-state index in [2.05, 4.69) is 11.8 Å². The highest BCUT2D eigenvalue weighted by Gasteiger charge is 2.39. The monoisotopic (exact) mass is 311 g/mol. The van der Waals surface area contributed by atoms with E-state index in [1.165, 1.54) is 0 Å². The number of piperazine rings is 1. The molecule has 126 valence electrons. The maximum atomic E-state index is 12.7. The number of nitrogens with zero attached hydrogens (tertiary/aromatic N) is 3. The Morgan fingerprint density at radius 3 is 2.27 bits per heavy atom. The lowest BCUT2D eigenvalue weighted by Crippen LogP contribution is -2.54. The van der Waals surface area contributed by atoms with Gasteiger partial charge in [-0.25, -0.2) is 4.79 Å². The fourth-order valence-electron chi connectivity index (χ4n) is 3.06. The van der Waals surface area contributed by atoms with Gasteiger partial charge in [-0.1, -0.05) is 6.92 Å². The van der Waals surface area contributed by atoms with Crippen molar-refractivity contribution in [2.75, 3.05) is 39.3 Å². The molecule has 2 aliphatic heterocycles. The van der Waals surface area contributed by atoms with Crippen LogP contribution in [0.2, 0.25) is 0 Å². The van der Waals surface area contributed by atoms with E-state index in [4.69, 9.17) is 4.74 Å². The molecule has 0 saturated carbocycles. The maximum absolute atomic E-state index is 12.7. The molecule has 0 aromatic rings. The standard InChI is InChI=1S/C16H29N3O3/c1-5-17-9-11-18(12-10-17)14(20)13-7-6-8-19(13)15(21)22-16(2,3)4/h13H,5-12H2,1-4H3. The highest BCUT2D eigenvalue weighted by molar-refractivity contribution is 5.86. The molecule has 2 fully saturated rings. The number of hydrogen-bond acceptors (Lipinski definition) is 4. The first-order valence-corrected chi connectivity index (χ1v) is 8.32. The van der Waals surface area contributed by atoms with E-state index in [1.807, 2.05) is 25.7 Å². The lowest BCUT2D eigenvalue weighted by Gasteiger charge is -2.37. The smallest absolute Gasteiger partial charge is 0.410 e. The van der Waals surface area contributed by atoms with Crippen molar-refractivity contribution in [2.45, 2.75) is 52.2 Å². The van der Waals surface area contributed by atoms with E-state index < -0.39 is 5.60 Å². The van der Waals surface area contributed by atoms with Crippen molar-refractivity contribution in [1.29, 1.82) is 0 Å². The van der Waals surface area contributed by atoms with E-state index in [-0.39, 0.29) is 18.0 Å².